The number of hydrogen-bond donors (Lipinski definition) is 1. The number of carboxylic acids is 1. The second-order valence-corrected chi connectivity index (χ2v) is 9.26. The number of carboxylic acid groups (broad SMARTS) is 1. The second-order valence-electron chi connectivity index (χ2n) is 9.26. The molecule has 0 heterocycles. The molecule has 0 aliphatic rings. The summed E-state index contributed by atoms with van der Waals surface area (Å²) in [5, 5.41) is 8.87. The van der Waals surface area contributed by atoms with E-state index in [-0.39, 0.29) is 17.7 Å². The van der Waals surface area contributed by atoms with Crippen LogP contribution in [0.25, 0.3) is 11.1 Å². The first-order chi connectivity index (χ1) is 15.6. The fourth-order valence-corrected chi connectivity index (χ4v) is 3.84. The summed E-state index contributed by atoms with van der Waals surface area (Å²) in [4.78, 5) is 10.8. The number of carbonyl (C=O) groups is 1. The van der Waals surface area contributed by atoms with Crippen molar-refractivity contribution in [2.24, 2.45) is 0 Å². The second kappa shape index (κ2) is 10.1. The van der Waals surface area contributed by atoms with Gasteiger partial charge in [0.05, 0.1) is 7.11 Å². The Morgan fingerprint density at radius 2 is 1.70 bits per heavy atom. The van der Waals surface area contributed by atoms with Crippen LogP contribution in [0.15, 0.2) is 54.6 Å². The molecule has 0 aliphatic heterocycles. The summed E-state index contributed by atoms with van der Waals surface area (Å²) < 4.78 is 26.2. The Morgan fingerprint density at radius 1 is 0.970 bits per heavy atom. The van der Waals surface area contributed by atoms with Gasteiger partial charge in [-0.1, -0.05) is 45.0 Å². The Labute approximate surface area is 195 Å². The van der Waals surface area contributed by atoms with Crippen LogP contribution in [-0.2, 0) is 23.2 Å². The van der Waals surface area contributed by atoms with Crippen molar-refractivity contribution in [3.63, 3.8) is 0 Å². The summed E-state index contributed by atoms with van der Waals surface area (Å²) >= 11 is 0. The third kappa shape index (κ3) is 6.13. The molecule has 0 radical (unpaired) electrons. The van der Waals surface area contributed by atoms with Crippen LogP contribution < -0.4 is 9.47 Å². The molecule has 0 saturated heterocycles. The highest BCUT2D eigenvalue weighted by Crippen LogP contribution is 2.37. The van der Waals surface area contributed by atoms with Crippen molar-refractivity contribution >= 4 is 5.97 Å². The third-order valence-corrected chi connectivity index (χ3v) is 5.62. The fourth-order valence-electron chi connectivity index (χ4n) is 3.84. The number of ether oxygens (including phenoxy) is 2. The minimum atomic E-state index is -0.810. The van der Waals surface area contributed by atoms with E-state index in [4.69, 9.17) is 14.6 Å². The molecule has 0 fully saturated rings. The first kappa shape index (κ1) is 24.3. The molecular weight excluding hydrogens is 419 g/mol. The van der Waals surface area contributed by atoms with E-state index in [0.29, 0.717) is 24.3 Å². The first-order valence-corrected chi connectivity index (χ1v) is 11.0. The highest BCUT2D eigenvalue weighted by atomic mass is 19.1. The zero-order chi connectivity index (χ0) is 24.2. The number of methoxy groups -OCH3 is 1. The van der Waals surface area contributed by atoms with Gasteiger partial charge in [-0.05, 0) is 76.9 Å². The van der Waals surface area contributed by atoms with Crippen molar-refractivity contribution in [1.29, 1.82) is 0 Å². The first-order valence-electron chi connectivity index (χ1n) is 11.0. The largest absolute Gasteiger partial charge is 0.497 e. The molecule has 0 aromatic heterocycles. The van der Waals surface area contributed by atoms with Gasteiger partial charge in [0.2, 0.25) is 0 Å². The standard InChI is InChI=1S/C28H31FO4/c1-18-14-19(8-13-27(30)31)7-12-26(18)33-17-20-6-10-24(28(2,3)4)22(15-20)23-16-21(32-5)9-11-25(23)29/h6-7,9-12,14-16H,8,13,17H2,1-5H3,(H,30,31). The van der Waals surface area contributed by atoms with Gasteiger partial charge in [-0.25, -0.2) is 4.39 Å². The Kier molecular flexibility index (Phi) is 7.42. The van der Waals surface area contributed by atoms with Crippen molar-refractivity contribution in [1.82, 2.24) is 0 Å². The maximum Gasteiger partial charge on any atom is 0.303 e. The molecule has 3 rings (SSSR count). The minimum absolute atomic E-state index is 0.101. The molecule has 3 aromatic carbocycles. The number of hydrogen-bond acceptors (Lipinski definition) is 3. The third-order valence-electron chi connectivity index (χ3n) is 5.62. The number of rotatable bonds is 8. The molecular formula is C28H31FO4. The van der Waals surface area contributed by atoms with Crippen molar-refractivity contribution in [3.05, 3.63) is 82.7 Å². The van der Waals surface area contributed by atoms with Crippen LogP contribution in [-0.4, -0.2) is 18.2 Å². The zero-order valence-corrected chi connectivity index (χ0v) is 19.9. The summed E-state index contributed by atoms with van der Waals surface area (Å²) in [7, 11) is 1.57. The van der Waals surface area contributed by atoms with Gasteiger partial charge in [0.15, 0.2) is 0 Å². The summed E-state index contributed by atoms with van der Waals surface area (Å²) in [5.74, 6) is 0.233. The molecule has 5 heteroatoms. The maximum atomic E-state index is 14.8. The Balaban J connectivity index is 1.88. The number of aliphatic carboxylic acids is 1. The highest BCUT2D eigenvalue weighted by Gasteiger charge is 2.21. The lowest BCUT2D eigenvalue weighted by Crippen LogP contribution is -2.13. The predicted molar refractivity (Wildman–Crippen MR) is 129 cm³/mol. The van der Waals surface area contributed by atoms with Gasteiger partial charge < -0.3 is 14.6 Å². The highest BCUT2D eigenvalue weighted by molar-refractivity contribution is 5.71. The summed E-state index contributed by atoms with van der Waals surface area (Å²) in [6, 6.07) is 16.5. The quantitative estimate of drug-likeness (QED) is 0.415. The topological polar surface area (TPSA) is 55.8 Å². The van der Waals surface area contributed by atoms with E-state index in [1.807, 2.05) is 43.3 Å². The average molecular weight is 451 g/mol. The van der Waals surface area contributed by atoms with E-state index >= 15 is 0 Å². The van der Waals surface area contributed by atoms with Gasteiger partial charge in [0.1, 0.15) is 23.9 Å². The van der Waals surface area contributed by atoms with E-state index < -0.39 is 5.97 Å². The fraction of sp³-hybridized carbons (Fsp3) is 0.321. The van der Waals surface area contributed by atoms with Crippen LogP contribution >= 0.6 is 0 Å². The monoisotopic (exact) mass is 450 g/mol. The minimum Gasteiger partial charge on any atom is -0.497 e. The SMILES string of the molecule is COc1ccc(F)c(-c2cc(COc3ccc(CCC(=O)O)cc3C)ccc2C(C)(C)C)c1. The summed E-state index contributed by atoms with van der Waals surface area (Å²) in [6.07, 6.45) is 0.587. The number of benzene rings is 3. The van der Waals surface area contributed by atoms with Gasteiger partial charge in [-0.3, -0.25) is 4.79 Å². The Hall–Kier alpha value is -3.34. The summed E-state index contributed by atoms with van der Waals surface area (Å²) in [5.41, 5.74) is 5.02. The van der Waals surface area contributed by atoms with Crippen molar-refractivity contribution < 1.29 is 23.8 Å². The Morgan fingerprint density at radius 3 is 2.33 bits per heavy atom. The predicted octanol–water partition coefficient (Wildman–Crippen LogP) is 6.70. The van der Waals surface area contributed by atoms with E-state index in [1.54, 1.807) is 19.2 Å². The molecule has 0 unspecified atom stereocenters. The molecule has 1 N–H and O–H groups in total. The van der Waals surface area contributed by atoms with Crippen LogP contribution in [0.3, 0.4) is 0 Å². The van der Waals surface area contributed by atoms with Gasteiger partial charge in [0, 0.05) is 12.0 Å². The lowest BCUT2D eigenvalue weighted by atomic mass is 9.81. The molecule has 0 amide bonds. The number of aryl methyl sites for hydroxylation is 2. The van der Waals surface area contributed by atoms with Crippen LogP contribution in [0, 0.1) is 12.7 Å². The van der Waals surface area contributed by atoms with Crippen LogP contribution in [0.1, 0.15) is 49.4 Å². The molecule has 0 aliphatic carbocycles. The summed E-state index contributed by atoms with van der Waals surface area (Å²) in [6.45, 7) is 8.59. The molecule has 4 nitrogen and oxygen atoms in total. The smallest absolute Gasteiger partial charge is 0.303 e. The average Bonchev–Trinajstić information content (AvgIpc) is 2.76. The molecule has 0 bridgehead atoms. The number of halogens is 1. The van der Waals surface area contributed by atoms with Crippen LogP contribution in [0.2, 0.25) is 0 Å². The van der Waals surface area contributed by atoms with Crippen LogP contribution in [0.4, 0.5) is 4.39 Å². The van der Waals surface area contributed by atoms with Crippen LogP contribution in [0.5, 0.6) is 11.5 Å². The Bertz CT molecular complexity index is 1150. The lowest BCUT2D eigenvalue weighted by Gasteiger charge is -2.24. The molecule has 3 aromatic rings. The molecule has 33 heavy (non-hydrogen) atoms. The molecule has 174 valence electrons. The molecule has 0 atom stereocenters. The molecule has 0 saturated carbocycles. The molecule has 0 spiro atoms. The van der Waals surface area contributed by atoms with Gasteiger partial charge in [-0.15, -0.1) is 0 Å². The normalized spacial score (nSPS) is 11.3. The van der Waals surface area contributed by atoms with Crippen molar-refractivity contribution in [2.45, 2.75) is 52.6 Å². The van der Waals surface area contributed by atoms with E-state index in [9.17, 15) is 9.18 Å². The van der Waals surface area contributed by atoms with Gasteiger partial charge in [0.25, 0.3) is 0 Å². The zero-order valence-electron chi connectivity index (χ0n) is 19.9. The maximum absolute atomic E-state index is 14.8. The van der Waals surface area contributed by atoms with Crippen molar-refractivity contribution in [3.8, 4) is 22.6 Å². The lowest BCUT2D eigenvalue weighted by molar-refractivity contribution is -0.136. The van der Waals surface area contributed by atoms with E-state index in [0.717, 1.165) is 33.6 Å². The van der Waals surface area contributed by atoms with Gasteiger partial charge in [-0.2, -0.15) is 0 Å². The van der Waals surface area contributed by atoms with Crippen molar-refractivity contribution in [2.75, 3.05) is 7.11 Å². The van der Waals surface area contributed by atoms with Gasteiger partial charge >= 0.3 is 5.97 Å². The van der Waals surface area contributed by atoms with E-state index in [1.165, 1.54) is 6.07 Å². The van der Waals surface area contributed by atoms with E-state index in [2.05, 4.69) is 20.8 Å².